The molecule has 0 amide bonds. The molecular weight excluding hydrogens is 254 g/mol. The highest BCUT2D eigenvalue weighted by molar-refractivity contribution is 8.03. The average Bonchev–Trinajstić information content (AvgIpc) is 2.36. The molecule has 0 saturated heterocycles. The maximum atomic E-state index is 3.59. The Labute approximate surface area is 120 Å². The van der Waals surface area contributed by atoms with Gasteiger partial charge in [0.1, 0.15) is 0 Å². The normalized spacial score (nSPS) is 16.2. The van der Waals surface area contributed by atoms with Crippen molar-refractivity contribution in [2.24, 2.45) is 0 Å². The van der Waals surface area contributed by atoms with Gasteiger partial charge in [0, 0.05) is 41.3 Å². The lowest BCUT2D eigenvalue weighted by Crippen LogP contribution is -2.31. The van der Waals surface area contributed by atoms with Gasteiger partial charge >= 0.3 is 0 Å². The molecule has 1 aliphatic heterocycles. The molecule has 1 atom stereocenters. The molecule has 1 aliphatic rings. The molecule has 1 aromatic carbocycles. The third kappa shape index (κ3) is 2.90. The topological polar surface area (TPSA) is 18.5 Å². The van der Waals surface area contributed by atoms with Crippen LogP contribution in [0.2, 0.25) is 0 Å². The van der Waals surface area contributed by atoms with Gasteiger partial charge < -0.3 is 15.1 Å². The number of hydrogen-bond acceptors (Lipinski definition) is 4. The van der Waals surface area contributed by atoms with E-state index in [9.17, 15) is 0 Å². The number of anilines is 2. The zero-order valence-corrected chi connectivity index (χ0v) is 13.4. The van der Waals surface area contributed by atoms with Crippen LogP contribution in [0.4, 0.5) is 11.4 Å². The first-order valence-corrected chi connectivity index (χ1v) is 7.35. The Morgan fingerprint density at radius 1 is 1.16 bits per heavy atom. The third-order valence-electron chi connectivity index (χ3n) is 3.59. The van der Waals surface area contributed by atoms with Crippen LogP contribution in [0.1, 0.15) is 13.8 Å². The summed E-state index contributed by atoms with van der Waals surface area (Å²) in [6, 6.07) is 6.97. The highest BCUT2D eigenvalue weighted by Crippen LogP contribution is 2.42. The molecule has 0 aromatic heterocycles. The van der Waals surface area contributed by atoms with Crippen molar-refractivity contribution in [2.45, 2.75) is 24.8 Å². The smallest absolute Gasteiger partial charge is 0.0525 e. The van der Waals surface area contributed by atoms with Crippen molar-refractivity contribution >= 4 is 23.1 Å². The molecular formula is C15H23N3S. The summed E-state index contributed by atoms with van der Waals surface area (Å²) in [6.07, 6.45) is 0. The average molecular weight is 277 g/mol. The minimum Gasteiger partial charge on any atom is -0.378 e. The molecule has 4 heteroatoms. The largest absolute Gasteiger partial charge is 0.378 e. The molecule has 0 spiro atoms. The van der Waals surface area contributed by atoms with Gasteiger partial charge in [-0.25, -0.2) is 0 Å². The standard InChI is InChI=1S/C15H23N3S/c1-10(17(3)4)15-11(2)19-14-9-12(18(5)6)7-8-13(14)16-15/h7-10,16H,1-6H3/t10-/m0/s1. The van der Waals surface area contributed by atoms with Crippen LogP contribution in [-0.4, -0.2) is 39.1 Å². The summed E-state index contributed by atoms with van der Waals surface area (Å²) in [4.78, 5) is 7.02. The fourth-order valence-electron chi connectivity index (χ4n) is 2.09. The summed E-state index contributed by atoms with van der Waals surface area (Å²) in [5.74, 6) is 0. The van der Waals surface area contributed by atoms with Gasteiger partial charge in [-0.2, -0.15) is 0 Å². The second kappa shape index (κ2) is 5.47. The Bertz CT molecular complexity index is 506. The number of likely N-dealkylation sites (N-methyl/N-ethyl adjacent to an activating group) is 1. The number of nitrogens with zero attached hydrogens (tertiary/aromatic N) is 2. The van der Waals surface area contributed by atoms with Crippen molar-refractivity contribution in [2.75, 3.05) is 38.4 Å². The van der Waals surface area contributed by atoms with Crippen LogP contribution in [0.25, 0.3) is 0 Å². The number of rotatable bonds is 3. The Hall–Kier alpha value is -1.13. The van der Waals surface area contributed by atoms with E-state index >= 15 is 0 Å². The monoisotopic (exact) mass is 277 g/mol. The van der Waals surface area contributed by atoms with Gasteiger partial charge in [0.2, 0.25) is 0 Å². The quantitative estimate of drug-likeness (QED) is 0.911. The maximum Gasteiger partial charge on any atom is 0.0525 e. The highest BCUT2D eigenvalue weighted by atomic mass is 32.2. The number of thioether (sulfide) groups is 1. The molecule has 1 heterocycles. The molecule has 1 N–H and O–H groups in total. The molecule has 0 aliphatic carbocycles. The van der Waals surface area contributed by atoms with E-state index in [2.05, 4.69) is 75.4 Å². The van der Waals surface area contributed by atoms with Crippen LogP contribution >= 0.6 is 11.8 Å². The predicted molar refractivity (Wildman–Crippen MR) is 86.1 cm³/mol. The van der Waals surface area contributed by atoms with Gasteiger partial charge in [-0.3, -0.25) is 0 Å². The van der Waals surface area contributed by atoms with Gasteiger partial charge in [0.25, 0.3) is 0 Å². The Morgan fingerprint density at radius 2 is 1.84 bits per heavy atom. The van der Waals surface area contributed by atoms with Crippen molar-refractivity contribution in [3.63, 3.8) is 0 Å². The van der Waals surface area contributed by atoms with E-state index in [4.69, 9.17) is 0 Å². The fraction of sp³-hybridized carbons (Fsp3) is 0.467. The molecule has 104 valence electrons. The van der Waals surface area contributed by atoms with E-state index < -0.39 is 0 Å². The fourth-order valence-corrected chi connectivity index (χ4v) is 3.16. The summed E-state index contributed by atoms with van der Waals surface area (Å²) < 4.78 is 0. The number of hydrogen-bond donors (Lipinski definition) is 1. The van der Waals surface area contributed by atoms with Crippen molar-refractivity contribution < 1.29 is 0 Å². The summed E-state index contributed by atoms with van der Waals surface area (Å²) in [5.41, 5.74) is 3.76. The van der Waals surface area contributed by atoms with E-state index in [-0.39, 0.29) is 0 Å². The van der Waals surface area contributed by atoms with E-state index in [1.165, 1.54) is 26.9 Å². The van der Waals surface area contributed by atoms with Crippen LogP contribution in [0.5, 0.6) is 0 Å². The van der Waals surface area contributed by atoms with E-state index in [1.54, 1.807) is 0 Å². The van der Waals surface area contributed by atoms with Gasteiger partial charge in [-0.1, -0.05) is 11.8 Å². The predicted octanol–water partition coefficient (Wildman–Crippen LogP) is 3.45. The molecule has 0 radical (unpaired) electrons. The lowest BCUT2D eigenvalue weighted by molar-refractivity contribution is 0.351. The van der Waals surface area contributed by atoms with E-state index in [0.717, 1.165) is 0 Å². The highest BCUT2D eigenvalue weighted by Gasteiger charge is 2.21. The number of fused-ring (bicyclic) bond motifs is 1. The third-order valence-corrected chi connectivity index (χ3v) is 4.67. The molecule has 0 unspecified atom stereocenters. The molecule has 0 saturated carbocycles. The zero-order chi connectivity index (χ0) is 14.2. The van der Waals surface area contributed by atoms with Crippen LogP contribution in [0.15, 0.2) is 33.7 Å². The van der Waals surface area contributed by atoms with E-state index in [1.807, 2.05) is 11.8 Å². The van der Waals surface area contributed by atoms with Crippen LogP contribution in [0, 0.1) is 0 Å². The second-order valence-electron chi connectivity index (χ2n) is 5.41. The Balaban J connectivity index is 2.31. The van der Waals surface area contributed by atoms with Gasteiger partial charge in [0.15, 0.2) is 0 Å². The lowest BCUT2D eigenvalue weighted by Gasteiger charge is -2.30. The maximum absolute atomic E-state index is 3.59. The first-order valence-electron chi connectivity index (χ1n) is 6.53. The molecule has 19 heavy (non-hydrogen) atoms. The SMILES string of the molecule is CC1=C([C@H](C)N(C)C)Nc2ccc(N(C)C)cc2S1. The van der Waals surface area contributed by atoms with Crippen molar-refractivity contribution in [3.8, 4) is 0 Å². The minimum absolute atomic E-state index is 0.397. The summed E-state index contributed by atoms with van der Waals surface area (Å²) in [7, 11) is 8.37. The summed E-state index contributed by atoms with van der Waals surface area (Å²) in [6.45, 7) is 4.42. The van der Waals surface area contributed by atoms with Gasteiger partial charge in [0.05, 0.1) is 5.69 Å². The molecule has 1 aromatic rings. The van der Waals surface area contributed by atoms with E-state index in [0.29, 0.717) is 6.04 Å². The molecule has 3 nitrogen and oxygen atoms in total. The zero-order valence-electron chi connectivity index (χ0n) is 12.6. The molecule has 2 rings (SSSR count). The first-order chi connectivity index (χ1) is 8.90. The number of nitrogens with one attached hydrogen (secondary N) is 1. The summed E-state index contributed by atoms with van der Waals surface area (Å²) >= 11 is 1.86. The van der Waals surface area contributed by atoms with Crippen molar-refractivity contribution in [1.82, 2.24) is 4.90 Å². The van der Waals surface area contributed by atoms with Crippen LogP contribution in [0.3, 0.4) is 0 Å². The van der Waals surface area contributed by atoms with Gasteiger partial charge in [-0.15, -0.1) is 0 Å². The van der Waals surface area contributed by atoms with Crippen molar-refractivity contribution in [3.05, 3.63) is 28.8 Å². The summed E-state index contributed by atoms with van der Waals surface area (Å²) in [5, 5.41) is 3.59. The number of allylic oxidation sites excluding steroid dienone is 1. The van der Waals surface area contributed by atoms with Crippen molar-refractivity contribution in [1.29, 1.82) is 0 Å². The molecule has 0 bridgehead atoms. The number of benzene rings is 1. The lowest BCUT2D eigenvalue weighted by atomic mass is 10.2. The Kier molecular flexibility index (Phi) is 4.11. The molecule has 0 fully saturated rings. The second-order valence-corrected chi connectivity index (χ2v) is 6.67. The Morgan fingerprint density at radius 3 is 2.42 bits per heavy atom. The van der Waals surface area contributed by atoms with Crippen LogP contribution in [-0.2, 0) is 0 Å². The minimum atomic E-state index is 0.397. The van der Waals surface area contributed by atoms with Crippen LogP contribution < -0.4 is 10.2 Å². The first kappa shape index (κ1) is 14.3. The van der Waals surface area contributed by atoms with Gasteiger partial charge in [-0.05, 0) is 46.1 Å².